The Morgan fingerprint density at radius 1 is 1.40 bits per heavy atom. The van der Waals surface area contributed by atoms with Crippen molar-refractivity contribution in [2.24, 2.45) is 0 Å². The maximum atomic E-state index is 12.7. The van der Waals surface area contributed by atoms with Crippen molar-refractivity contribution in [1.29, 1.82) is 0 Å². The van der Waals surface area contributed by atoms with Gasteiger partial charge in [0, 0.05) is 30.9 Å². The Bertz CT molecular complexity index is 672. The van der Waals surface area contributed by atoms with Crippen LogP contribution in [0.4, 0.5) is 5.69 Å². The van der Waals surface area contributed by atoms with E-state index in [2.05, 4.69) is 4.98 Å². The minimum Gasteiger partial charge on any atom is -0.397 e. The second-order valence-electron chi connectivity index (χ2n) is 5.38. The molecule has 4 heterocycles. The fraction of sp³-hybridized carbons (Fsp3) is 0.429. The van der Waals surface area contributed by atoms with Crippen LogP contribution in [0.5, 0.6) is 0 Å². The first kappa shape index (κ1) is 12.1. The summed E-state index contributed by atoms with van der Waals surface area (Å²) in [6.07, 6.45) is 5.98. The van der Waals surface area contributed by atoms with Gasteiger partial charge < -0.3 is 15.4 Å². The lowest BCUT2D eigenvalue weighted by Crippen LogP contribution is -2.45. The molecule has 1 amide bonds. The molecule has 5 nitrogen and oxygen atoms in total. The topological polar surface area (TPSA) is 68.5 Å². The van der Waals surface area contributed by atoms with Gasteiger partial charge in [-0.2, -0.15) is 0 Å². The number of amides is 1. The number of ether oxygens (including phenoxy) is 1. The molecule has 0 spiro atoms. The number of aromatic nitrogens is 1. The quantitative estimate of drug-likeness (QED) is 0.870. The zero-order valence-electron chi connectivity index (χ0n) is 10.9. The predicted molar refractivity (Wildman–Crippen MR) is 77.8 cm³/mol. The summed E-state index contributed by atoms with van der Waals surface area (Å²) in [5.74, 6) is 0.0314. The van der Waals surface area contributed by atoms with Crippen LogP contribution in [0.2, 0.25) is 0 Å². The SMILES string of the molecule is Nc1c(C(=O)N2CC3CCC(C2)O3)sc2cnccc12. The second kappa shape index (κ2) is 4.43. The Balaban J connectivity index is 1.68. The normalized spacial score (nSPS) is 25.3. The van der Waals surface area contributed by atoms with Crippen LogP contribution >= 0.6 is 11.3 Å². The molecule has 2 fully saturated rings. The first-order valence-corrected chi connectivity index (χ1v) is 7.61. The Morgan fingerprint density at radius 2 is 2.15 bits per heavy atom. The van der Waals surface area contributed by atoms with E-state index in [4.69, 9.17) is 10.5 Å². The second-order valence-corrected chi connectivity index (χ2v) is 6.44. The molecule has 0 aliphatic carbocycles. The zero-order valence-corrected chi connectivity index (χ0v) is 11.7. The van der Waals surface area contributed by atoms with Crippen molar-refractivity contribution in [3.63, 3.8) is 0 Å². The lowest BCUT2D eigenvalue weighted by atomic mass is 10.2. The summed E-state index contributed by atoms with van der Waals surface area (Å²) in [4.78, 5) is 19.3. The Morgan fingerprint density at radius 3 is 2.85 bits per heavy atom. The molecule has 2 aromatic heterocycles. The first-order chi connectivity index (χ1) is 9.72. The number of anilines is 1. The minimum atomic E-state index is 0.0314. The third kappa shape index (κ3) is 1.79. The van der Waals surface area contributed by atoms with E-state index in [1.165, 1.54) is 11.3 Å². The van der Waals surface area contributed by atoms with E-state index < -0.39 is 0 Å². The fourth-order valence-corrected chi connectivity index (χ4v) is 4.11. The fourth-order valence-electron chi connectivity index (χ4n) is 3.05. The number of rotatable bonds is 1. The number of carbonyl (C=O) groups excluding carboxylic acids is 1. The summed E-state index contributed by atoms with van der Waals surface area (Å²) >= 11 is 1.43. The number of nitrogen functional groups attached to an aromatic ring is 1. The number of likely N-dealkylation sites (tertiary alicyclic amines) is 1. The van der Waals surface area contributed by atoms with Gasteiger partial charge in [0.2, 0.25) is 0 Å². The molecule has 2 atom stereocenters. The lowest BCUT2D eigenvalue weighted by molar-refractivity contribution is -0.0301. The third-order valence-corrected chi connectivity index (χ3v) is 5.20. The summed E-state index contributed by atoms with van der Waals surface area (Å²) in [6.45, 7) is 1.36. The average Bonchev–Trinajstić information content (AvgIpc) is 2.99. The summed E-state index contributed by atoms with van der Waals surface area (Å²) in [7, 11) is 0. The number of pyridine rings is 1. The first-order valence-electron chi connectivity index (χ1n) is 6.79. The number of hydrogen-bond acceptors (Lipinski definition) is 5. The largest absolute Gasteiger partial charge is 0.397 e. The molecule has 0 radical (unpaired) electrons. The standard InChI is InChI=1S/C14H15N3O2S/c15-12-10-3-4-16-5-11(10)20-13(12)14(18)17-6-8-1-2-9(7-17)19-8/h3-5,8-9H,1-2,6-7,15H2. The van der Waals surface area contributed by atoms with Gasteiger partial charge in [0.05, 0.1) is 22.6 Å². The van der Waals surface area contributed by atoms with E-state index >= 15 is 0 Å². The van der Waals surface area contributed by atoms with E-state index in [-0.39, 0.29) is 18.1 Å². The monoisotopic (exact) mass is 289 g/mol. The molecule has 2 saturated heterocycles. The van der Waals surface area contributed by atoms with Gasteiger partial charge in [-0.1, -0.05) is 0 Å². The Labute approximate surface area is 120 Å². The number of hydrogen-bond donors (Lipinski definition) is 1. The highest BCUT2D eigenvalue weighted by Crippen LogP contribution is 2.35. The van der Waals surface area contributed by atoms with Crippen LogP contribution in [0.25, 0.3) is 10.1 Å². The van der Waals surface area contributed by atoms with Crippen LogP contribution in [0.15, 0.2) is 18.5 Å². The molecule has 104 valence electrons. The van der Waals surface area contributed by atoms with Gasteiger partial charge in [0.1, 0.15) is 4.88 Å². The van der Waals surface area contributed by atoms with Crippen LogP contribution < -0.4 is 5.73 Å². The summed E-state index contributed by atoms with van der Waals surface area (Å²) < 4.78 is 6.73. The van der Waals surface area contributed by atoms with Crippen molar-refractivity contribution < 1.29 is 9.53 Å². The molecule has 2 bridgehead atoms. The molecule has 2 aliphatic heterocycles. The lowest BCUT2D eigenvalue weighted by Gasteiger charge is -2.31. The highest BCUT2D eigenvalue weighted by atomic mass is 32.1. The van der Waals surface area contributed by atoms with Crippen molar-refractivity contribution in [3.8, 4) is 0 Å². The van der Waals surface area contributed by atoms with Gasteiger partial charge in [-0.15, -0.1) is 11.3 Å². The van der Waals surface area contributed by atoms with Crippen molar-refractivity contribution >= 4 is 33.0 Å². The van der Waals surface area contributed by atoms with Crippen molar-refractivity contribution in [2.45, 2.75) is 25.0 Å². The van der Waals surface area contributed by atoms with Gasteiger partial charge in [-0.25, -0.2) is 0 Å². The molecule has 4 rings (SSSR count). The molecule has 2 unspecified atom stereocenters. The molecular weight excluding hydrogens is 274 g/mol. The maximum Gasteiger partial charge on any atom is 0.266 e. The van der Waals surface area contributed by atoms with E-state index in [0.29, 0.717) is 23.7 Å². The summed E-state index contributed by atoms with van der Waals surface area (Å²) in [5.41, 5.74) is 6.72. The Kier molecular flexibility index (Phi) is 2.68. The Hall–Kier alpha value is -1.66. The van der Waals surface area contributed by atoms with Crippen LogP contribution in [0.3, 0.4) is 0 Å². The molecular formula is C14H15N3O2S. The summed E-state index contributed by atoms with van der Waals surface area (Å²) in [6, 6.07) is 1.86. The highest BCUT2D eigenvalue weighted by Gasteiger charge is 2.36. The predicted octanol–water partition coefficient (Wildman–Crippen LogP) is 1.88. The molecule has 2 aliphatic rings. The number of nitrogens with zero attached hydrogens (tertiary/aromatic N) is 2. The third-order valence-electron chi connectivity index (χ3n) is 4.06. The maximum absolute atomic E-state index is 12.7. The minimum absolute atomic E-state index is 0.0314. The van der Waals surface area contributed by atoms with Crippen LogP contribution in [-0.4, -0.2) is 41.1 Å². The van der Waals surface area contributed by atoms with E-state index in [1.807, 2.05) is 11.0 Å². The van der Waals surface area contributed by atoms with E-state index in [9.17, 15) is 4.79 Å². The molecule has 6 heteroatoms. The van der Waals surface area contributed by atoms with Crippen molar-refractivity contribution in [3.05, 3.63) is 23.3 Å². The van der Waals surface area contributed by atoms with Gasteiger partial charge in [0.25, 0.3) is 5.91 Å². The van der Waals surface area contributed by atoms with Gasteiger partial charge in [0.15, 0.2) is 0 Å². The van der Waals surface area contributed by atoms with Gasteiger partial charge in [-0.3, -0.25) is 9.78 Å². The van der Waals surface area contributed by atoms with E-state index in [1.54, 1.807) is 12.4 Å². The summed E-state index contributed by atoms with van der Waals surface area (Å²) in [5, 5.41) is 0.921. The van der Waals surface area contributed by atoms with Crippen LogP contribution in [0, 0.1) is 0 Å². The number of thiophene rings is 1. The molecule has 2 aromatic rings. The zero-order chi connectivity index (χ0) is 13.7. The number of carbonyl (C=O) groups is 1. The number of fused-ring (bicyclic) bond motifs is 3. The van der Waals surface area contributed by atoms with Crippen LogP contribution in [-0.2, 0) is 4.74 Å². The molecule has 20 heavy (non-hydrogen) atoms. The van der Waals surface area contributed by atoms with Gasteiger partial charge >= 0.3 is 0 Å². The smallest absolute Gasteiger partial charge is 0.266 e. The average molecular weight is 289 g/mol. The number of morpholine rings is 1. The molecule has 0 aromatic carbocycles. The highest BCUT2D eigenvalue weighted by molar-refractivity contribution is 7.21. The van der Waals surface area contributed by atoms with Crippen molar-refractivity contribution in [1.82, 2.24) is 9.88 Å². The molecule has 0 saturated carbocycles. The molecule has 2 N–H and O–H groups in total. The van der Waals surface area contributed by atoms with Crippen molar-refractivity contribution in [2.75, 3.05) is 18.8 Å². The van der Waals surface area contributed by atoms with Gasteiger partial charge in [-0.05, 0) is 18.9 Å². The van der Waals surface area contributed by atoms with Crippen LogP contribution in [0.1, 0.15) is 22.5 Å². The number of nitrogens with two attached hydrogens (primary N) is 1. The van der Waals surface area contributed by atoms with E-state index in [0.717, 1.165) is 22.9 Å².